The Bertz CT molecular complexity index is 1590. The van der Waals surface area contributed by atoms with Crippen LogP contribution in [0.3, 0.4) is 0 Å². The van der Waals surface area contributed by atoms with Crippen molar-refractivity contribution >= 4 is 19.8 Å². The molecule has 11 heteroatoms. The third-order valence-corrected chi connectivity index (χ3v) is 9.43. The average Bonchev–Trinajstić information content (AvgIpc) is 3.23. The second-order valence-corrected chi connectivity index (χ2v) is 16.9. The van der Waals surface area contributed by atoms with Crippen molar-refractivity contribution < 1.29 is 47.2 Å². The first kappa shape index (κ1) is 58.9. The molecule has 3 atom stereocenters. The van der Waals surface area contributed by atoms with E-state index in [9.17, 15) is 24.2 Å². The number of carbonyl (C=O) groups is 2. The van der Waals surface area contributed by atoms with E-state index in [4.69, 9.17) is 18.5 Å². The number of esters is 2. The predicted molar refractivity (Wildman–Crippen MR) is 260 cm³/mol. The molecule has 0 saturated heterocycles. The largest absolute Gasteiger partial charge is 0.756 e. The SMILES string of the molecule is CC/C=C\C/C=C\C/C=C\C/C=C\C/C=C\C/C=C\CCC(=O)OC[C@H](COP(=O)([O-])OCC[N+](C)(C)C)OC(=O)CC/C=C\C/C=C\C/C=C\C=C\C(O)C/C=C\C/C=C\CC. The molecule has 0 amide bonds. The van der Waals surface area contributed by atoms with Crippen LogP contribution in [-0.2, 0) is 32.7 Å². The number of nitrogens with zero attached hydrogens (tertiary/aromatic N) is 1. The number of hydrogen-bond acceptors (Lipinski definition) is 9. The minimum atomic E-state index is -4.69. The monoisotopic (exact) mass is 894 g/mol. The first-order chi connectivity index (χ1) is 30.4. The molecule has 0 aromatic rings. The van der Waals surface area contributed by atoms with Gasteiger partial charge in [0.1, 0.15) is 19.8 Å². The number of hydrogen-bond donors (Lipinski definition) is 1. The van der Waals surface area contributed by atoms with Gasteiger partial charge in [0.05, 0.1) is 33.9 Å². The maximum atomic E-state index is 12.7. The molecule has 0 saturated carbocycles. The third kappa shape index (κ3) is 45.7. The van der Waals surface area contributed by atoms with E-state index in [-0.39, 0.29) is 26.1 Å². The summed E-state index contributed by atoms with van der Waals surface area (Å²) in [7, 11) is 1.02. The van der Waals surface area contributed by atoms with Crippen molar-refractivity contribution in [3.05, 3.63) is 146 Å². The minimum absolute atomic E-state index is 0.0506. The Morgan fingerprint density at radius 1 is 0.571 bits per heavy atom. The van der Waals surface area contributed by atoms with Crippen LogP contribution in [0.25, 0.3) is 0 Å². The first-order valence-corrected chi connectivity index (χ1v) is 24.1. The molecule has 1 N–H and O–H groups in total. The van der Waals surface area contributed by atoms with Crippen molar-refractivity contribution in [3.63, 3.8) is 0 Å². The summed E-state index contributed by atoms with van der Waals surface area (Å²) < 4.78 is 33.7. The van der Waals surface area contributed by atoms with Crippen LogP contribution < -0.4 is 4.89 Å². The Morgan fingerprint density at radius 2 is 1.00 bits per heavy atom. The van der Waals surface area contributed by atoms with Gasteiger partial charge in [0.15, 0.2) is 6.10 Å². The van der Waals surface area contributed by atoms with E-state index in [1.54, 1.807) is 6.08 Å². The lowest BCUT2D eigenvalue weighted by molar-refractivity contribution is -0.870. The zero-order valence-electron chi connectivity index (χ0n) is 39.1. The van der Waals surface area contributed by atoms with Crippen LogP contribution in [0.15, 0.2) is 146 Å². The second kappa shape index (κ2) is 41.8. The molecule has 0 aliphatic rings. The number of allylic oxidation sites excluding steroid dienone is 22. The van der Waals surface area contributed by atoms with Crippen LogP contribution in [0.1, 0.15) is 110 Å². The molecule has 0 heterocycles. The van der Waals surface area contributed by atoms with E-state index < -0.39 is 38.6 Å². The fourth-order valence-corrected chi connectivity index (χ4v) is 5.69. The Morgan fingerprint density at radius 3 is 1.48 bits per heavy atom. The Balaban J connectivity index is 4.68. The second-order valence-electron chi connectivity index (χ2n) is 15.5. The van der Waals surface area contributed by atoms with Gasteiger partial charge in [-0.2, -0.15) is 0 Å². The van der Waals surface area contributed by atoms with E-state index in [0.29, 0.717) is 36.7 Å². The highest BCUT2D eigenvalue weighted by molar-refractivity contribution is 7.45. The minimum Gasteiger partial charge on any atom is -0.756 e. The fourth-order valence-electron chi connectivity index (χ4n) is 4.96. The van der Waals surface area contributed by atoms with Crippen molar-refractivity contribution in [3.8, 4) is 0 Å². The molecule has 0 bridgehead atoms. The van der Waals surface area contributed by atoms with Crippen molar-refractivity contribution in [2.75, 3.05) is 47.5 Å². The standard InChI is InChI=1S/C52H80NO9P/c1-6-8-10-12-14-15-16-17-18-19-20-21-22-23-24-28-31-35-39-43-51(55)59-47-50(48-61-63(57,58)60-46-45-53(3,4)5)62-52(56)44-40-36-32-29-26-25-27-30-34-38-42-49(54)41-37-33-13-11-9-7-2/h8-11,14-15,17-18,20-21,23-26,30-38,42,49-50,54H,6-7,12-13,16,19,22,27-29,39-41,43-48H2,1-5H3/b10-8-,11-9-,15-14-,18-17-,21-20-,24-23-,26-25-,34-30-,35-31-,36-32-,37-33-,42-38+/t49?,50-/m1/s1. The molecule has 63 heavy (non-hydrogen) atoms. The predicted octanol–water partition coefficient (Wildman–Crippen LogP) is 11.6. The number of quaternary nitrogens is 1. The summed E-state index contributed by atoms with van der Waals surface area (Å²) in [6, 6.07) is 0. The Labute approximate surface area is 381 Å². The number of carbonyl (C=O) groups excluding carboxylic acids is 2. The van der Waals surface area contributed by atoms with Gasteiger partial charge >= 0.3 is 11.9 Å². The number of aliphatic hydroxyl groups excluding tert-OH is 1. The number of rotatable bonds is 38. The Kier molecular flexibility index (Phi) is 39.1. The van der Waals surface area contributed by atoms with Gasteiger partial charge in [-0.3, -0.25) is 14.2 Å². The van der Waals surface area contributed by atoms with E-state index >= 15 is 0 Å². The summed E-state index contributed by atoms with van der Waals surface area (Å²) in [5.74, 6) is -1.08. The molecule has 0 aliphatic heterocycles. The molecule has 0 radical (unpaired) electrons. The van der Waals surface area contributed by atoms with Gasteiger partial charge in [0.2, 0.25) is 0 Å². The molecule has 0 spiro atoms. The summed E-state index contributed by atoms with van der Waals surface area (Å²) >= 11 is 0. The van der Waals surface area contributed by atoms with Crippen LogP contribution in [0.2, 0.25) is 0 Å². The van der Waals surface area contributed by atoms with Crippen molar-refractivity contribution in [1.29, 1.82) is 0 Å². The van der Waals surface area contributed by atoms with Crippen molar-refractivity contribution in [1.82, 2.24) is 0 Å². The maximum absolute atomic E-state index is 12.7. The molecule has 0 aliphatic carbocycles. The smallest absolute Gasteiger partial charge is 0.306 e. The average molecular weight is 894 g/mol. The molecule has 0 aromatic carbocycles. The lowest BCUT2D eigenvalue weighted by Crippen LogP contribution is -2.37. The zero-order chi connectivity index (χ0) is 46.5. The van der Waals surface area contributed by atoms with Gasteiger partial charge < -0.3 is 33.0 Å². The summed E-state index contributed by atoms with van der Waals surface area (Å²) in [5, 5.41) is 10.0. The van der Waals surface area contributed by atoms with E-state index in [1.807, 2.05) is 81.9 Å². The van der Waals surface area contributed by atoms with Gasteiger partial charge in [-0.1, -0.05) is 160 Å². The maximum Gasteiger partial charge on any atom is 0.306 e. The Hall–Kier alpha value is -4.15. The zero-order valence-corrected chi connectivity index (χ0v) is 39.9. The highest BCUT2D eigenvalue weighted by Gasteiger charge is 2.21. The van der Waals surface area contributed by atoms with Gasteiger partial charge in [0.25, 0.3) is 7.82 Å². The summed E-state index contributed by atoms with van der Waals surface area (Å²) in [6.07, 6.45) is 57.9. The topological polar surface area (TPSA) is 131 Å². The fraction of sp³-hybridized carbons (Fsp3) is 0.500. The van der Waals surface area contributed by atoms with Crippen LogP contribution in [0.4, 0.5) is 0 Å². The molecular formula is C52H80NO9P. The lowest BCUT2D eigenvalue weighted by atomic mass is 10.2. The number of phosphoric acid groups is 1. The molecular weight excluding hydrogens is 814 g/mol. The van der Waals surface area contributed by atoms with Gasteiger partial charge in [0, 0.05) is 12.8 Å². The molecule has 10 nitrogen and oxygen atoms in total. The summed E-state index contributed by atoms with van der Waals surface area (Å²) in [6.45, 7) is 3.70. The number of aliphatic hydroxyl groups is 1. The molecule has 352 valence electrons. The molecule has 0 fully saturated rings. The number of likely N-dealkylation sites (N-methyl/N-ethyl adjacent to an activating group) is 1. The van der Waals surface area contributed by atoms with Crippen LogP contribution in [-0.4, -0.2) is 81.2 Å². The van der Waals surface area contributed by atoms with Crippen LogP contribution >= 0.6 is 7.82 Å². The van der Waals surface area contributed by atoms with E-state index in [1.165, 1.54) is 0 Å². The highest BCUT2D eigenvalue weighted by atomic mass is 31.2. The highest BCUT2D eigenvalue weighted by Crippen LogP contribution is 2.38. The van der Waals surface area contributed by atoms with Crippen molar-refractivity contribution in [2.45, 2.75) is 122 Å². The summed E-state index contributed by atoms with van der Waals surface area (Å²) in [4.78, 5) is 37.5. The molecule has 0 rings (SSSR count). The quantitative estimate of drug-likeness (QED) is 0.0211. The van der Waals surface area contributed by atoms with Crippen LogP contribution in [0, 0.1) is 0 Å². The first-order valence-electron chi connectivity index (χ1n) is 22.7. The summed E-state index contributed by atoms with van der Waals surface area (Å²) in [5.41, 5.74) is 0. The van der Waals surface area contributed by atoms with Gasteiger partial charge in [-0.25, -0.2) is 0 Å². The normalized spacial score (nSPS) is 15.3. The van der Waals surface area contributed by atoms with Gasteiger partial charge in [-0.15, -0.1) is 0 Å². The van der Waals surface area contributed by atoms with Crippen molar-refractivity contribution in [2.24, 2.45) is 0 Å². The molecule has 2 unspecified atom stereocenters. The third-order valence-electron chi connectivity index (χ3n) is 8.46. The van der Waals surface area contributed by atoms with Crippen LogP contribution in [0.5, 0.6) is 0 Å². The lowest BCUT2D eigenvalue weighted by Gasteiger charge is -2.28. The van der Waals surface area contributed by atoms with E-state index in [0.717, 1.165) is 57.8 Å². The van der Waals surface area contributed by atoms with Gasteiger partial charge in [-0.05, 0) is 83.5 Å². The number of ether oxygens (including phenoxy) is 2. The molecule has 0 aromatic heterocycles. The number of phosphoric ester groups is 1. The van der Waals surface area contributed by atoms with E-state index in [2.05, 4.69) is 92.8 Å².